The maximum atomic E-state index is 13.0. The number of rotatable bonds is 5. The van der Waals surface area contributed by atoms with Crippen molar-refractivity contribution in [3.05, 3.63) is 82.9 Å². The first-order chi connectivity index (χ1) is 11.8. The molecule has 0 aromatic heterocycles. The molecule has 3 rings (SSSR count). The Kier molecular flexibility index (Phi) is 5.87. The molecule has 0 unspecified atom stereocenters. The molecule has 1 saturated carbocycles. The van der Waals surface area contributed by atoms with Gasteiger partial charge in [0, 0.05) is 5.03 Å². The summed E-state index contributed by atoms with van der Waals surface area (Å²) < 4.78 is 0. The van der Waals surface area contributed by atoms with Gasteiger partial charge in [0.25, 0.3) is 0 Å². The molecule has 0 amide bonds. The maximum absolute atomic E-state index is 13.0. The zero-order valence-electron chi connectivity index (χ0n) is 13.8. The summed E-state index contributed by atoms with van der Waals surface area (Å²) in [6.07, 6.45) is 7.59. The van der Waals surface area contributed by atoms with Crippen LogP contribution in [0.5, 0.6) is 0 Å². The van der Waals surface area contributed by atoms with Gasteiger partial charge in [0.15, 0.2) is 5.78 Å². The van der Waals surface area contributed by atoms with E-state index in [1.807, 2.05) is 60.7 Å². The highest BCUT2D eigenvalue weighted by molar-refractivity contribution is 6.31. The molecular weight excluding hydrogens is 316 g/mol. The standard InChI is InChI=1S/C22H23ClO/c23-20(17-10-4-1-5-11-17)16-21(24)22(18-12-6-2-7-13-18)19-14-8-3-9-15-19/h2-3,6-9,12-17,22H,1,4-5,10-11H2/b20-16-. The molecular formula is C22H23ClO. The lowest BCUT2D eigenvalue weighted by atomic mass is 9.85. The number of hydrogen-bond acceptors (Lipinski definition) is 1. The topological polar surface area (TPSA) is 17.1 Å². The summed E-state index contributed by atoms with van der Waals surface area (Å²) >= 11 is 6.51. The van der Waals surface area contributed by atoms with Crippen molar-refractivity contribution in [2.45, 2.75) is 38.0 Å². The molecule has 2 heteroatoms. The highest BCUT2D eigenvalue weighted by atomic mass is 35.5. The molecule has 2 aromatic carbocycles. The van der Waals surface area contributed by atoms with Gasteiger partial charge in [-0.25, -0.2) is 0 Å². The van der Waals surface area contributed by atoms with E-state index >= 15 is 0 Å². The van der Waals surface area contributed by atoms with Crippen LogP contribution in [-0.4, -0.2) is 5.78 Å². The Morgan fingerprint density at radius 1 is 0.875 bits per heavy atom. The van der Waals surface area contributed by atoms with Crippen molar-refractivity contribution in [2.24, 2.45) is 5.92 Å². The van der Waals surface area contributed by atoms with Crippen LogP contribution in [0.1, 0.15) is 49.1 Å². The Hall–Kier alpha value is -1.86. The molecule has 1 nitrogen and oxygen atoms in total. The molecule has 0 atom stereocenters. The predicted molar refractivity (Wildman–Crippen MR) is 100 cm³/mol. The molecule has 0 spiro atoms. The molecule has 124 valence electrons. The third-order valence-corrected chi connectivity index (χ3v) is 5.24. The van der Waals surface area contributed by atoms with Gasteiger partial charge in [-0.3, -0.25) is 4.79 Å². The van der Waals surface area contributed by atoms with Crippen LogP contribution >= 0.6 is 11.6 Å². The van der Waals surface area contributed by atoms with Crippen molar-refractivity contribution in [2.75, 3.05) is 0 Å². The maximum Gasteiger partial charge on any atom is 0.168 e. The van der Waals surface area contributed by atoms with E-state index < -0.39 is 0 Å². The Bertz CT molecular complexity index is 645. The van der Waals surface area contributed by atoms with Crippen LogP contribution in [-0.2, 0) is 4.79 Å². The van der Waals surface area contributed by atoms with E-state index in [9.17, 15) is 4.79 Å². The molecule has 1 aliphatic carbocycles. The van der Waals surface area contributed by atoms with Crippen molar-refractivity contribution >= 4 is 17.4 Å². The third kappa shape index (κ3) is 4.15. The van der Waals surface area contributed by atoms with Gasteiger partial charge in [0.2, 0.25) is 0 Å². The summed E-state index contributed by atoms with van der Waals surface area (Å²) in [5.41, 5.74) is 2.02. The van der Waals surface area contributed by atoms with Gasteiger partial charge in [0.1, 0.15) is 0 Å². The first-order valence-corrected chi connectivity index (χ1v) is 9.14. The normalized spacial score (nSPS) is 16.3. The van der Waals surface area contributed by atoms with Crippen LogP contribution in [0.4, 0.5) is 0 Å². The fourth-order valence-electron chi connectivity index (χ4n) is 3.53. The summed E-state index contributed by atoms with van der Waals surface area (Å²) in [5.74, 6) is 0.143. The summed E-state index contributed by atoms with van der Waals surface area (Å²) in [6.45, 7) is 0. The van der Waals surface area contributed by atoms with E-state index in [2.05, 4.69) is 0 Å². The number of hydrogen-bond donors (Lipinski definition) is 0. The summed E-state index contributed by atoms with van der Waals surface area (Å²) in [4.78, 5) is 13.0. The van der Waals surface area contributed by atoms with Crippen LogP contribution in [0.2, 0.25) is 0 Å². The van der Waals surface area contributed by atoms with Gasteiger partial charge in [-0.1, -0.05) is 91.5 Å². The van der Waals surface area contributed by atoms with E-state index in [1.54, 1.807) is 6.08 Å². The lowest BCUT2D eigenvalue weighted by Crippen LogP contribution is -2.14. The predicted octanol–water partition coefficient (Wildman–Crippen LogP) is 6.09. The highest BCUT2D eigenvalue weighted by Crippen LogP contribution is 2.33. The first-order valence-electron chi connectivity index (χ1n) is 8.76. The monoisotopic (exact) mass is 338 g/mol. The second kappa shape index (κ2) is 8.30. The fourth-order valence-corrected chi connectivity index (χ4v) is 3.85. The van der Waals surface area contributed by atoms with Gasteiger partial charge in [-0.05, 0) is 36.0 Å². The zero-order chi connectivity index (χ0) is 16.8. The Morgan fingerprint density at radius 3 is 1.88 bits per heavy atom. The molecule has 0 radical (unpaired) electrons. The van der Waals surface area contributed by atoms with Crippen molar-refractivity contribution < 1.29 is 4.79 Å². The first kappa shape index (κ1) is 17.0. The minimum absolute atomic E-state index is 0.0722. The molecule has 0 N–H and O–H groups in total. The molecule has 2 aromatic rings. The smallest absolute Gasteiger partial charge is 0.168 e. The summed E-state index contributed by atoms with van der Waals surface area (Å²) in [7, 11) is 0. The number of carbonyl (C=O) groups excluding carboxylic acids is 1. The fraction of sp³-hybridized carbons (Fsp3) is 0.318. The van der Waals surface area contributed by atoms with E-state index in [4.69, 9.17) is 11.6 Å². The summed E-state index contributed by atoms with van der Waals surface area (Å²) in [5, 5.41) is 0.733. The lowest BCUT2D eigenvalue weighted by molar-refractivity contribution is -0.115. The molecule has 1 fully saturated rings. The molecule has 0 aliphatic heterocycles. The van der Waals surface area contributed by atoms with Crippen LogP contribution in [0.3, 0.4) is 0 Å². The highest BCUT2D eigenvalue weighted by Gasteiger charge is 2.23. The average Bonchev–Trinajstić information content (AvgIpc) is 2.64. The third-order valence-electron chi connectivity index (χ3n) is 4.83. The Morgan fingerprint density at radius 2 is 1.38 bits per heavy atom. The molecule has 24 heavy (non-hydrogen) atoms. The molecule has 0 saturated heterocycles. The number of benzene rings is 2. The average molecular weight is 339 g/mol. The number of allylic oxidation sites excluding steroid dienone is 2. The number of carbonyl (C=O) groups is 1. The molecule has 1 aliphatic rings. The van der Waals surface area contributed by atoms with Crippen molar-refractivity contribution in [3.8, 4) is 0 Å². The van der Waals surface area contributed by atoms with Crippen LogP contribution in [0.25, 0.3) is 0 Å². The van der Waals surface area contributed by atoms with Gasteiger partial charge >= 0.3 is 0 Å². The van der Waals surface area contributed by atoms with E-state index in [-0.39, 0.29) is 11.7 Å². The van der Waals surface area contributed by atoms with Gasteiger partial charge in [-0.15, -0.1) is 0 Å². The number of halogens is 1. The molecule has 0 bridgehead atoms. The van der Waals surface area contributed by atoms with Crippen molar-refractivity contribution in [1.29, 1.82) is 0 Å². The molecule has 0 heterocycles. The zero-order valence-corrected chi connectivity index (χ0v) is 14.6. The van der Waals surface area contributed by atoms with Gasteiger partial charge in [0.05, 0.1) is 5.92 Å². The number of ketones is 1. The minimum Gasteiger partial charge on any atom is -0.294 e. The van der Waals surface area contributed by atoms with Gasteiger partial charge < -0.3 is 0 Å². The minimum atomic E-state index is -0.287. The largest absolute Gasteiger partial charge is 0.294 e. The van der Waals surface area contributed by atoms with Crippen LogP contribution in [0, 0.1) is 5.92 Å². The Labute approximate surface area is 149 Å². The van der Waals surface area contributed by atoms with Gasteiger partial charge in [-0.2, -0.15) is 0 Å². The quantitative estimate of drug-likeness (QED) is 0.603. The van der Waals surface area contributed by atoms with E-state index in [0.29, 0.717) is 5.92 Å². The van der Waals surface area contributed by atoms with Crippen LogP contribution in [0.15, 0.2) is 71.8 Å². The van der Waals surface area contributed by atoms with Crippen molar-refractivity contribution in [1.82, 2.24) is 0 Å². The summed E-state index contributed by atoms with van der Waals surface area (Å²) in [6, 6.07) is 19.9. The van der Waals surface area contributed by atoms with Crippen LogP contribution < -0.4 is 0 Å². The van der Waals surface area contributed by atoms with E-state index in [0.717, 1.165) is 29.0 Å². The Balaban J connectivity index is 1.89. The second-order valence-corrected chi connectivity index (χ2v) is 6.96. The lowest BCUT2D eigenvalue weighted by Gasteiger charge is -2.21. The SMILES string of the molecule is O=C(/C=C(\Cl)C1CCCCC1)C(c1ccccc1)c1ccccc1. The van der Waals surface area contributed by atoms with Crippen molar-refractivity contribution in [3.63, 3.8) is 0 Å². The van der Waals surface area contributed by atoms with E-state index in [1.165, 1.54) is 19.3 Å². The second-order valence-electron chi connectivity index (χ2n) is 6.52.